The molecule has 0 saturated carbocycles. The number of hydrogen-bond acceptors (Lipinski definition) is 8. The van der Waals surface area contributed by atoms with Crippen molar-refractivity contribution >= 4 is 43.5 Å². The van der Waals surface area contributed by atoms with Gasteiger partial charge in [0.15, 0.2) is 16.7 Å². The largest absolute Gasteiger partial charge is 0.488 e. The third-order valence-corrected chi connectivity index (χ3v) is 5.19. The number of hydrogen-bond donors (Lipinski definition) is 1. The Morgan fingerprint density at radius 2 is 1.32 bits per heavy atom. The molecule has 0 aromatic carbocycles. The highest BCUT2D eigenvalue weighted by atomic mass is 79.9. The number of pyridine rings is 2. The molecular weight excluding hydrogens is 628 g/mol. The van der Waals surface area contributed by atoms with Gasteiger partial charge in [0, 0.05) is 40.6 Å². The first-order chi connectivity index (χ1) is 17.3. The molecule has 0 amide bonds. The molecule has 212 valence electrons. The van der Waals surface area contributed by atoms with Gasteiger partial charge in [0.25, 0.3) is 5.88 Å². The highest BCUT2D eigenvalue weighted by Crippen LogP contribution is 2.29. The summed E-state index contributed by atoms with van der Waals surface area (Å²) >= 11 is 12.5. The number of nitrogens with zero attached hydrogens (tertiary/aromatic N) is 4. The predicted octanol–water partition coefficient (Wildman–Crippen LogP) is 6.18. The monoisotopic (exact) mass is 668 g/mol. The summed E-state index contributed by atoms with van der Waals surface area (Å²) < 4.78 is 18.5. The fraction of sp³-hybridized carbons (Fsp3) is 0.615. The summed E-state index contributed by atoms with van der Waals surface area (Å²) in [4.78, 5) is 12.3. The summed E-state index contributed by atoms with van der Waals surface area (Å²) in [6.07, 6.45) is 5.41. The maximum absolute atomic E-state index is 8.29. The zero-order valence-corrected chi connectivity index (χ0v) is 27.2. The summed E-state index contributed by atoms with van der Waals surface area (Å²) in [7, 11) is 8.09. The van der Waals surface area contributed by atoms with Crippen LogP contribution < -0.4 is 14.2 Å². The molecule has 2 aromatic heterocycles. The van der Waals surface area contributed by atoms with E-state index >= 15 is 0 Å². The highest BCUT2D eigenvalue weighted by Gasteiger charge is 2.09. The Morgan fingerprint density at radius 3 is 1.81 bits per heavy atom. The van der Waals surface area contributed by atoms with Gasteiger partial charge in [0.05, 0.1) is 18.8 Å². The van der Waals surface area contributed by atoms with Crippen LogP contribution in [0.25, 0.3) is 0 Å². The summed E-state index contributed by atoms with van der Waals surface area (Å²) in [5, 5.41) is 8.68. The Bertz CT molecular complexity index is 874. The number of halogens is 3. The van der Waals surface area contributed by atoms with Crippen molar-refractivity contribution in [2.45, 2.75) is 52.7 Å². The van der Waals surface area contributed by atoms with Crippen LogP contribution in [0.5, 0.6) is 17.4 Å². The van der Waals surface area contributed by atoms with Crippen LogP contribution in [0.2, 0.25) is 5.15 Å². The number of aliphatic hydroxyl groups excluding tert-OH is 1. The second-order valence-corrected chi connectivity index (χ2v) is 11.3. The lowest BCUT2D eigenvalue weighted by molar-refractivity contribution is 0.211. The van der Waals surface area contributed by atoms with Gasteiger partial charge in [-0.25, -0.2) is 9.97 Å². The van der Waals surface area contributed by atoms with E-state index in [9.17, 15) is 0 Å². The minimum Gasteiger partial charge on any atom is -0.488 e. The van der Waals surface area contributed by atoms with Crippen molar-refractivity contribution in [3.05, 3.63) is 38.6 Å². The molecule has 37 heavy (non-hydrogen) atoms. The van der Waals surface area contributed by atoms with Crippen LogP contribution in [0.15, 0.2) is 33.5 Å². The Kier molecular flexibility index (Phi) is 20.1. The molecule has 0 aliphatic rings. The average Bonchev–Trinajstić information content (AvgIpc) is 2.79. The molecule has 0 spiro atoms. The Labute approximate surface area is 244 Å². The Hall–Kier alpha value is -1.17. The quantitative estimate of drug-likeness (QED) is 0.212. The molecule has 0 radical (unpaired) electrons. The molecule has 0 aliphatic heterocycles. The summed E-state index contributed by atoms with van der Waals surface area (Å²) in [5.74, 6) is 1.86. The minimum atomic E-state index is 0.102. The maximum Gasteiger partial charge on any atom is 0.257 e. The van der Waals surface area contributed by atoms with E-state index in [1.807, 2.05) is 62.0 Å². The van der Waals surface area contributed by atoms with E-state index in [0.29, 0.717) is 35.7 Å². The molecule has 11 heteroatoms. The lowest BCUT2D eigenvalue weighted by Gasteiger charge is -2.15. The van der Waals surface area contributed by atoms with Crippen LogP contribution in [0, 0.1) is 0 Å². The van der Waals surface area contributed by atoms with Crippen molar-refractivity contribution in [1.29, 1.82) is 0 Å². The van der Waals surface area contributed by atoms with Gasteiger partial charge in [0.1, 0.15) is 0 Å². The fourth-order valence-corrected chi connectivity index (χ4v) is 3.30. The zero-order chi connectivity index (χ0) is 28.4. The number of aliphatic hydroxyl groups is 1. The van der Waals surface area contributed by atoms with Crippen molar-refractivity contribution in [3.63, 3.8) is 0 Å². The molecule has 1 N–H and O–H groups in total. The van der Waals surface area contributed by atoms with Crippen molar-refractivity contribution in [3.8, 4) is 17.4 Å². The molecule has 0 fully saturated rings. The van der Waals surface area contributed by atoms with Crippen molar-refractivity contribution in [2.24, 2.45) is 0 Å². The van der Waals surface area contributed by atoms with Crippen LogP contribution in [-0.2, 0) is 0 Å². The molecule has 2 rings (SSSR count). The molecular formula is C26H43Br2ClN4O4. The third kappa shape index (κ3) is 19.5. The second kappa shape index (κ2) is 20.7. The van der Waals surface area contributed by atoms with Gasteiger partial charge in [-0.3, -0.25) is 0 Å². The molecule has 0 atom stereocenters. The molecule has 2 aromatic rings. The summed E-state index contributed by atoms with van der Waals surface area (Å²) in [6, 6.07) is 3.68. The first-order valence-electron chi connectivity index (χ1n) is 12.2. The smallest absolute Gasteiger partial charge is 0.257 e. The van der Waals surface area contributed by atoms with E-state index in [1.54, 1.807) is 18.5 Å². The summed E-state index contributed by atoms with van der Waals surface area (Å²) in [5.41, 5.74) is 0. The normalized spacial score (nSPS) is 10.7. The molecule has 0 saturated heterocycles. The van der Waals surface area contributed by atoms with E-state index in [1.165, 1.54) is 0 Å². The van der Waals surface area contributed by atoms with Gasteiger partial charge < -0.3 is 29.1 Å². The third-order valence-electron chi connectivity index (χ3n) is 4.04. The second-order valence-electron chi connectivity index (χ2n) is 9.12. The lowest BCUT2D eigenvalue weighted by Crippen LogP contribution is -2.16. The predicted molar refractivity (Wildman–Crippen MR) is 159 cm³/mol. The van der Waals surface area contributed by atoms with Crippen LogP contribution in [-0.4, -0.2) is 91.6 Å². The van der Waals surface area contributed by atoms with Crippen LogP contribution >= 0.6 is 43.5 Å². The van der Waals surface area contributed by atoms with Gasteiger partial charge in [-0.15, -0.1) is 0 Å². The van der Waals surface area contributed by atoms with Crippen LogP contribution in [0.3, 0.4) is 0 Å². The molecule has 0 aliphatic carbocycles. The van der Waals surface area contributed by atoms with Gasteiger partial charge in [-0.2, -0.15) is 0 Å². The number of aromatic nitrogens is 2. The van der Waals surface area contributed by atoms with E-state index in [0.717, 1.165) is 34.9 Å². The zero-order valence-electron chi connectivity index (χ0n) is 23.3. The standard InChI is InChI=1S/C13H21BrN2O2.C8H9BrClNO.C5H13NO/c1-10(2)18-12-8-11(14)9-15-13(12)17-7-5-6-16(3)4;1-5(2)12-7-3-6(9)4-11-8(7)10;1-6(2)4-3-5-7/h8-10H,5-7H2,1-4H3;3-5H,1-2H3;7H,3-5H2,1-2H3. The fourth-order valence-electron chi connectivity index (χ4n) is 2.53. The van der Waals surface area contributed by atoms with Crippen molar-refractivity contribution in [2.75, 3.05) is 54.5 Å². The first-order valence-corrected chi connectivity index (χ1v) is 14.1. The lowest BCUT2D eigenvalue weighted by atomic mass is 10.4. The molecule has 0 bridgehead atoms. The van der Waals surface area contributed by atoms with Crippen molar-refractivity contribution < 1.29 is 19.3 Å². The van der Waals surface area contributed by atoms with E-state index in [4.69, 9.17) is 30.9 Å². The molecule has 2 heterocycles. The van der Waals surface area contributed by atoms with Gasteiger partial charge in [-0.1, -0.05) is 11.6 Å². The first kappa shape index (κ1) is 35.8. The Morgan fingerprint density at radius 1 is 0.838 bits per heavy atom. The topological polar surface area (TPSA) is 80.2 Å². The maximum atomic E-state index is 8.29. The summed E-state index contributed by atoms with van der Waals surface area (Å²) in [6.45, 7) is 10.8. The van der Waals surface area contributed by atoms with Gasteiger partial charge >= 0.3 is 0 Å². The SMILES string of the molecule is CC(C)Oc1cc(Br)cnc1Cl.CC(C)Oc1cc(Br)cnc1OCCCN(C)C.CN(C)CCCO. The van der Waals surface area contributed by atoms with E-state index in [2.05, 4.69) is 51.6 Å². The van der Waals surface area contributed by atoms with Gasteiger partial charge in [-0.05, 0) is 113 Å². The van der Waals surface area contributed by atoms with Crippen molar-refractivity contribution in [1.82, 2.24) is 19.8 Å². The van der Waals surface area contributed by atoms with Gasteiger partial charge in [0.2, 0.25) is 0 Å². The Balaban J connectivity index is 0.000000586. The molecule has 0 unspecified atom stereocenters. The van der Waals surface area contributed by atoms with Crippen LogP contribution in [0.1, 0.15) is 40.5 Å². The molecule has 8 nitrogen and oxygen atoms in total. The van der Waals surface area contributed by atoms with E-state index < -0.39 is 0 Å². The average molecular weight is 671 g/mol. The minimum absolute atomic E-state index is 0.102. The number of ether oxygens (including phenoxy) is 3. The van der Waals surface area contributed by atoms with E-state index in [-0.39, 0.29) is 12.2 Å². The number of rotatable bonds is 12. The van der Waals surface area contributed by atoms with Crippen LogP contribution in [0.4, 0.5) is 0 Å². The highest BCUT2D eigenvalue weighted by molar-refractivity contribution is 9.10.